The largest absolute Gasteiger partial charge is 0.309 e. The maximum absolute atomic E-state index is 14.7. The Morgan fingerprint density at radius 3 is 2.45 bits per heavy atom. The van der Waals surface area contributed by atoms with E-state index in [2.05, 4.69) is 10.3 Å². The molecule has 4 fully saturated rings. The number of nitrogens with one attached hydrogen (secondary N) is 1. The van der Waals surface area contributed by atoms with Gasteiger partial charge in [-0.1, -0.05) is 6.07 Å². The molecule has 3 aromatic rings. The van der Waals surface area contributed by atoms with Crippen LogP contribution < -0.4 is 5.32 Å². The molecule has 2 aromatic heterocycles. The number of pyridine rings is 1. The van der Waals surface area contributed by atoms with Crippen molar-refractivity contribution in [2.24, 2.45) is 23.2 Å². The van der Waals surface area contributed by atoms with Crippen LogP contribution in [0.1, 0.15) is 44.1 Å². The summed E-state index contributed by atoms with van der Waals surface area (Å²) in [5.74, 6) is 0.468. The Morgan fingerprint density at radius 1 is 1.10 bits per heavy atom. The molecule has 0 aliphatic heterocycles. The molecule has 1 N–H and O–H groups in total. The minimum Gasteiger partial charge on any atom is -0.309 e. The minimum absolute atomic E-state index is 0.00652. The summed E-state index contributed by atoms with van der Waals surface area (Å²) in [7, 11) is 0. The fourth-order valence-corrected chi connectivity index (χ4v) is 6.77. The maximum atomic E-state index is 14.7. The second kappa shape index (κ2) is 6.62. The van der Waals surface area contributed by atoms with E-state index in [1.54, 1.807) is 4.40 Å². The van der Waals surface area contributed by atoms with Gasteiger partial charge in [-0.05, 0) is 93.0 Å². The summed E-state index contributed by atoms with van der Waals surface area (Å²) in [6.07, 6.45) is 8.39. The number of hydrogen-bond acceptors (Lipinski definition) is 2. The summed E-state index contributed by atoms with van der Waals surface area (Å²) in [4.78, 5) is 18.3. The SMILES string of the molecule is Cc1ccn2c(NC(=O)C34CC5CC(CC(C5)C3)C4)c(-c3cccc(F)c3F)nc2c1. The zero-order valence-corrected chi connectivity index (χ0v) is 17.5. The van der Waals surface area contributed by atoms with E-state index in [0.29, 0.717) is 29.2 Å². The van der Waals surface area contributed by atoms with Gasteiger partial charge in [-0.2, -0.15) is 0 Å². The van der Waals surface area contributed by atoms with E-state index in [-0.39, 0.29) is 22.6 Å². The van der Waals surface area contributed by atoms with Gasteiger partial charge in [0.25, 0.3) is 0 Å². The molecule has 4 aliphatic carbocycles. The molecule has 7 rings (SSSR count). The van der Waals surface area contributed by atoms with E-state index in [9.17, 15) is 13.6 Å². The van der Waals surface area contributed by atoms with Crippen LogP contribution in [0.4, 0.5) is 14.6 Å². The molecule has 1 amide bonds. The molecule has 0 spiro atoms. The zero-order valence-electron chi connectivity index (χ0n) is 17.5. The van der Waals surface area contributed by atoms with Gasteiger partial charge in [0.1, 0.15) is 17.2 Å². The molecule has 1 aromatic carbocycles. The van der Waals surface area contributed by atoms with Gasteiger partial charge in [0.05, 0.1) is 5.41 Å². The Labute approximate surface area is 179 Å². The molecule has 4 saturated carbocycles. The monoisotopic (exact) mass is 421 g/mol. The van der Waals surface area contributed by atoms with Crippen molar-refractivity contribution in [1.82, 2.24) is 9.38 Å². The van der Waals surface area contributed by atoms with Crippen molar-refractivity contribution in [2.45, 2.75) is 45.4 Å². The first-order chi connectivity index (χ1) is 14.9. The molecule has 0 radical (unpaired) electrons. The Hall–Kier alpha value is -2.76. The first kappa shape index (κ1) is 19.0. The van der Waals surface area contributed by atoms with E-state index < -0.39 is 11.6 Å². The third-order valence-corrected chi connectivity index (χ3v) is 7.74. The van der Waals surface area contributed by atoms with Crippen LogP contribution in [-0.4, -0.2) is 15.3 Å². The average molecular weight is 421 g/mol. The summed E-state index contributed by atoms with van der Waals surface area (Å²) in [5, 5.41) is 3.13. The van der Waals surface area contributed by atoms with Crippen LogP contribution in [-0.2, 0) is 4.79 Å². The highest BCUT2D eigenvalue weighted by Gasteiger charge is 2.54. The topological polar surface area (TPSA) is 46.4 Å². The van der Waals surface area contributed by atoms with E-state index >= 15 is 0 Å². The third-order valence-electron chi connectivity index (χ3n) is 7.74. The molecular weight excluding hydrogens is 396 g/mol. The van der Waals surface area contributed by atoms with E-state index in [1.807, 2.05) is 25.3 Å². The van der Waals surface area contributed by atoms with Gasteiger partial charge in [-0.15, -0.1) is 0 Å². The smallest absolute Gasteiger partial charge is 0.231 e. The predicted molar refractivity (Wildman–Crippen MR) is 115 cm³/mol. The summed E-state index contributed by atoms with van der Waals surface area (Å²) in [6, 6.07) is 7.86. The molecule has 31 heavy (non-hydrogen) atoms. The van der Waals surface area contributed by atoms with Crippen molar-refractivity contribution in [1.29, 1.82) is 0 Å². The molecule has 0 saturated heterocycles. The molecule has 4 aliphatic rings. The Kier molecular flexibility index (Phi) is 4.05. The van der Waals surface area contributed by atoms with Crippen molar-refractivity contribution in [2.75, 3.05) is 5.32 Å². The van der Waals surface area contributed by atoms with Crippen molar-refractivity contribution in [3.63, 3.8) is 0 Å². The number of benzene rings is 1. The Bertz CT molecular complexity index is 1180. The number of aromatic nitrogens is 2. The lowest BCUT2D eigenvalue weighted by Crippen LogP contribution is -2.51. The first-order valence-corrected chi connectivity index (χ1v) is 11.2. The highest BCUT2D eigenvalue weighted by atomic mass is 19.2. The number of halogens is 2. The molecule has 6 heteroatoms. The van der Waals surface area contributed by atoms with Gasteiger partial charge in [-0.3, -0.25) is 9.20 Å². The summed E-state index contributed by atoms with van der Waals surface area (Å²) in [6.45, 7) is 1.95. The molecule has 160 valence electrons. The maximum Gasteiger partial charge on any atom is 0.231 e. The Balaban J connectivity index is 1.45. The second-order valence-corrected chi connectivity index (χ2v) is 9.99. The quantitative estimate of drug-likeness (QED) is 0.586. The van der Waals surface area contributed by atoms with Crippen molar-refractivity contribution >= 4 is 17.4 Å². The third kappa shape index (κ3) is 2.91. The van der Waals surface area contributed by atoms with Crippen LogP contribution in [0.25, 0.3) is 16.9 Å². The minimum atomic E-state index is -0.951. The van der Waals surface area contributed by atoms with Gasteiger partial charge in [0.2, 0.25) is 5.91 Å². The highest BCUT2D eigenvalue weighted by Crippen LogP contribution is 2.60. The lowest BCUT2D eigenvalue weighted by atomic mass is 9.49. The van der Waals surface area contributed by atoms with Crippen LogP contribution in [0.15, 0.2) is 36.5 Å². The van der Waals surface area contributed by atoms with Crippen LogP contribution in [0.2, 0.25) is 0 Å². The lowest BCUT2D eigenvalue weighted by Gasteiger charge is -2.55. The standard InChI is InChI=1S/C25H25F2N3O/c1-14-5-6-30-20(7-14)28-22(18-3-2-4-19(26)21(18)27)23(30)29-24(31)25-11-15-8-16(12-25)10-17(9-15)13-25/h2-7,15-17H,8-13H2,1H3,(H,29,31). The summed E-state index contributed by atoms with van der Waals surface area (Å²) >= 11 is 0. The van der Waals surface area contributed by atoms with Gasteiger partial charge in [-0.25, -0.2) is 13.8 Å². The number of amides is 1. The average Bonchev–Trinajstić information content (AvgIpc) is 3.06. The van der Waals surface area contributed by atoms with Crippen LogP contribution >= 0.6 is 0 Å². The van der Waals surface area contributed by atoms with Crippen molar-refractivity contribution < 1.29 is 13.6 Å². The zero-order chi connectivity index (χ0) is 21.3. The van der Waals surface area contributed by atoms with Crippen LogP contribution in [0, 0.1) is 41.7 Å². The van der Waals surface area contributed by atoms with Crippen molar-refractivity contribution in [3.05, 3.63) is 53.7 Å². The summed E-state index contributed by atoms with van der Waals surface area (Å²) in [5.41, 5.74) is 1.58. The number of imidazole rings is 1. The van der Waals surface area contributed by atoms with Gasteiger partial charge in [0.15, 0.2) is 11.6 Å². The normalized spacial score (nSPS) is 28.9. The molecule has 0 atom stereocenters. The van der Waals surface area contributed by atoms with Crippen LogP contribution in [0.5, 0.6) is 0 Å². The van der Waals surface area contributed by atoms with Crippen LogP contribution in [0.3, 0.4) is 0 Å². The number of carbonyl (C=O) groups excluding carboxylic acids is 1. The number of carbonyl (C=O) groups is 1. The fraction of sp³-hybridized carbons (Fsp3) is 0.440. The number of fused-ring (bicyclic) bond motifs is 1. The number of anilines is 1. The number of aryl methyl sites for hydroxylation is 1. The molecular formula is C25H25F2N3O. The molecule has 4 nitrogen and oxygen atoms in total. The molecule has 4 bridgehead atoms. The van der Waals surface area contributed by atoms with E-state index in [0.717, 1.165) is 30.9 Å². The van der Waals surface area contributed by atoms with Gasteiger partial charge >= 0.3 is 0 Å². The number of nitrogens with zero attached hydrogens (tertiary/aromatic N) is 2. The van der Waals surface area contributed by atoms with Gasteiger partial charge < -0.3 is 5.32 Å². The fourth-order valence-electron chi connectivity index (χ4n) is 6.77. The van der Waals surface area contributed by atoms with E-state index in [1.165, 1.54) is 31.4 Å². The first-order valence-electron chi connectivity index (χ1n) is 11.2. The lowest BCUT2D eigenvalue weighted by molar-refractivity contribution is -0.140. The number of hydrogen-bond donors (Lipinski definition) is 1. The Morgan fingerprint density at radius 2 is 1.77 bits per heavy atom. The summed E-state index contributed by atoms with van der Waals surface area (Å²) < 4.78 is 30.4. The predicted octanol–water partition coefficient (Wildman–Crippen LogP) is 5.74. The number of rotatable bonds is 3. The molecule has 2 heterocycles. The highest BCUT2D eigenvalue weighted by molar-refractivity contribution is 5.98. The molecule has 0 unspecified atom stereocenters. The second-order valence-electron chi connectivity index (χ2n) is 9.99. The van der Waals surface area contributed by atoms with Crippen molar-refractivity contribution in [3.8, 4) is 11.3 Å². The van der Waals surface area contributed by atoms with E-state index in [4.69, 9.17) is 0 Å². The van der Waals surface area contributed by atoms with Gasteiger partial charge in [0, 0.05) is 11.8 Å².